The summed E-state index contributed by atoms with van der Waals surface area (Å²) in [5, 5.41) is 3.36. The average molecular weight is 277 g/mol. The molecule has 0 saturated heterocycles. The highest BCUT2D eigenvalue weighted by Crippen LogP contribution is 2.24. The zero-order valence-corrected chi connectivity index (χ0v) is 12.8. The van der Waals surface area contributed by atoms with E-state index >= 15 is 0 Å². The van der Waals surface area contributed by atoms with Gasteiger partial charge in [0, 0.05) is 6.54 Å². The molecule has 20 heavy (non-hydrogen) atoms. The lowest BCUT2D eigenvalue weighted by Crippen LogP contribution is -2.20. The van der Waals surface area contributed by atoms with Crippen LogP contribution in [0.25, 0.3) is 0 Å². The number of nitrogens with one attached hydrogen (secondary N) is 1. The molecule has 0 amide bonds. The summed E-state index contributed by atoms with van der Waals surface area (Å²) in [6.07, 6.45) is 10.2. The predicted molar refractivity (Wildman–Crippen MR) is 80.6 cm³/mol. The molecule has 2 rings (SSSR count). The second-order valence-corrected chi connectivity index (χ2v) is 6.19. The number of ether oxygens (including phenoxy) is 1. The van der Waals surface area contributed by atoms with E-state index < -0.39 is 0 Å². The Bertz CT molecular complexity index is 372. The Labute approximate surface area is 122 Å². The second-order valence-electron chi connectivity index (χ2n) is 6.19. The summed E-state index contributed by atoms with van der Waals surface area (Å²) in [6, 6.07) is 0. The molecule has 0 bridgehead atoms. The first-order valence-corrected chi connectivity index (χ1v) is 7.88. The van der Waals surface area contributed by atoms with Gasteiger partial charge < -0.3 is 10.1 Å². The van der Waals surface area contributed by atoms with Crippen molar-refractivity contribution < 1.29 is 4.74 Å². The third-order valence-corrected chi connectivity index (χ3v) is 3.73. The van der Waals surface area contributed by atoms with E-state index in [9.17, 15) is 0 Å². The van der Waals surface area contributed by atoms with Gasteiger partial charge in [-0.2, -0.15) is 0 Å². The topological polar surface area (TPSA) is 47.0 Å². The Hall–Kier alpha value is -1.16. The van der Waals surface area contributed by atoms with Crippen LogP contribution in [0.3, 0.4) is 0 Å². The van der Waals surface area contributed by atoms with Gasteiger partial charge in [0.1, 0.15) is 0 Å². The second kappa shape index (κ2) is 8.20. The van der Waals surface area contributed by atoms with Crippen LogP contribution in [0.15, 0.2) is 12.4 Å². The average Bonchev–Trinajstić information content (AvgIpc) is 2.47. The highest BCUT2D eigenvalue weighted by molar-refractivity contribution is 5.07. The number of aromatic nitrogens is 2. The number of hydrogen-bond donors (Lipinski definition) is 1. The predicted octanol–water partition coefficient (Wildman–Crippen LogP) is 3.18. The molecule has 1 heterocycles. The van der Waals surface area contributed by atoms with Crippen LogP contribution < -0.4 is 10.1 Å². The van der Waals surface area contributed by atoms with Crippen molar-refractivity contribution in [3.8, 4) is 5.88 Å². The summed E-state index contributed by atoms with van der Waals surface area (Å²) < 4.78 is 5.75. The highest BCUT2D eigenvalue weighted by Gasteiger charge is 2.14. The maximum absolute atomic E-state index is 5.75. The quantitative estimate of drug-likeness (QED) is 0.831. The summed E-state index contributed by atoms with van der Waals surface area (Å²) in [5.41, 5.74) is 0.968. The lowest BCUT2D eigenvalue weighted by Gasteiger charge is -2.21. The van der Waals surface area contributed by atoms with Crippen LogP contribution in [0.4, 0.5) is 0 Å². The lowest BCUT2D eigenvalue weighted by molar-refractivity contribution is 0.202. The van der Waals surface area contributed by atoms with Gasteiger partial charge in [0.05, 0.1) is 24.7 Å². The molecule has 112 valence electrons. The van der Waals surface area contributed by atoms with Crippen molar-refractivity contribution in [2.24, 2.45) is 11.8 Å². The van der Waals surface area contributed by atoms with Crippen molar-refractivity contribution in [1.29, 1.82) is 0 Å². The molecule has 1 aromatic rings. The fourth-order valence-electron chi connectivity index (χ4n) is 2.55. The molecule has 1 saturated carbocycles. The van der Waals surface area contributed by atoms with Gasteiger partial charge in [-0.25, -0.2) is 4.98 Å². The monoisotopic (exact) mass is 277 g/mol. The molecule has 4 nitrogen and oxygen atoms in total. The first-order chi connectivity index (χ1) is 9.74. The summed E-state index contributed by atoms with van der Waals surface area (Å²) in [4.78, 5) is 8.73. The zero-order chi connectivity index (χ0) is 14.2. The van der Waals surface area contributed by atoms with Crippen molar-refractivity contribution in [3.63, 3.8) is 0 Å². The first-order valence-electron chi connectivity index (χ1n) is 7.88. The Morgan fingerprint density at radius 3 is 2.65 bits per heavy atom. The number of hydrogen-bond acceptors (Lipinski definition) is 4. The molecule has 0 atom stereocenters. The minimum atomic E-state index is 0.654. The van der Waals surface area contributed by atoms with Crippen molar-refractivity contribution in [1.82, 2.24) is 15.3 Å². The summed E-state index contributed by atoms with van der Waals surface area (Å²) >= 11 is 0. The van der Waals surface area contributed by atoms with Crippen LogP contribution in [-0.4, -0.2) is 23.1 Å². The van der Waals surface area contributed by atoms with Crippen LogP contribution in [0.5, 0.6) is 5.88 Å². The summed E-state index contributed by atoms with van der Waals surface area (Å²) in [5.74, 6) is 2.02. The largest absolute Gasteiger partial charge is 0.476 e. The van der Waals surface area contributed by atoms with Crippen LogP contribution in [-0.2, 0) is 6.54 Å². The van der Waals surface area contributed by atoms with Gasteiger partial charge >= 0.3 is 0 Å². The number of nitrogens with zero attached hydrogens (tertiary/aromatic N) is 2. The first kappa shape index (κ1) is 15.2. The molecule has 4 heteroatoms. The third kappa shape index (κ3) is 5.45. The minimum Gasteiger partial charge on any atom is -0.476 e. The fraction of sp³-hybridized carbons (Fsp3) is 0.750. The van der Waals surface area contributed by atoms with Crippen molar-refractivity contribution in [2.45, 2.75) is 52.5 Å². The Balaban J connectivity index is 1.70. The molecule has 0 aromatic carbocycles. The molecule has 1 aliphatic carbocycles. The van der Waals surface area contributed by atoms with Gasteiger partial charge in [0.15, 0.2) is 0 Å². The van der Waals surface area contributed by atoms with Crippen molar-refractivity contribution in [2.75, 3.05) is 13.2 Å². The van der Waals surface area contributed by atoms with E-state index in [1.165, 1.54) is 32.1 Å². The fourth-order valence-corrected chi connectivity index (χ4v) is 2.55. The Kier molecular flexibility index (Phi) is 6.25. The molecule has 1 aromatic heterocycles. The highest BCUT2D eigenvalue weighted by atomic mass is 16.5. The summed E-state index contributed by atoms with van der Waals surface area (Å²) in [7, 11) is 0. The van der Waals surface area contributed by atoms with Gasteiger partial charge in [-0.15, -0.1) is 0 Å². The molecule has 1 aliphatic rings. The maximum Gasteiger partial charge on any atom is 0.232 e. The molecular formula is C16H27N3O. The normalized spacial score (nSPS) is 16.6. The SMILES string of the molecule is CC(C)CNCc1cnc(OCC2CCCCC2)cn1. The standard InChI is InChI=1S/C16H27N3O/c1-13(2)8-17-9-15-10-19-16(11-18-15)20-12-14-6-4-3-5-7-14/h10-11,13-14,17H,3-9,12H2,1-2H3. The number of rotatable bonds is 7. The maximum atomic E-state index is 5.75. The Morgan fingerprint density at radius 2 is 2.00 bits per heavy atom. The third-order valence-electron chi connectivity index (χ3n) is 3.73. The van der Waals surface area contributed by atoms with E-state index in [4.69, 9.17) is 4.74 Å². The van der Waals surface area contributed by atoms with Gasteiger partial charge in [-0.1, -0.05) is 33.1 Å². The minimum absolute atomic E-state index is 0.654. The molecule has 0 spiro atoms. The summed E-state index contributed by atoms with van der Waals surface area (Å²) in [6.45, 7) is 6.96. The van der Waals surface area contributed by atoms with E-state index in [0.717, 1.165) is 25.4 Å². The smallest absolute Gasteiger partial charge is 0.232 e. The van der Waals surface area contributed by atoms with Gasteiger partial charge in [0.25, 0.3) is 0 Å². The van der Waals surface area contributed by atoms with Crippen LogP contribution in [0.2, 0.25) is 0 Å². The molecule has 0 unspecified atom stereocenters. The van der Waals surface area contributed by atoms with E-state index in [2.05, 4.69) is 29.1 Å². The van der Waals surface area contributed by atoms with Crippen LogP contribution in [0.1, 0.15) is 51.6 Å². The van der Waals surface area contributed by atoms with Gasteiger partial charge in [-0.3, -0.25) is 4.98 Å². The molecule has 0 aliphatic heterocycles. The van der Waals surface area contributed by atoms with Crippen LogP contribution >= 0.6 is 0 Å². The molecule has 1 fully saturated rings. The van der Waals surface area contributed by atoms with E-state index in [1.54, 1.807) is 6.20 Å². The molecular weight excluding hydrogens is 250 g/mol. The van der Waals surface area contributed by atoms with Gasteiger partial charge in [-0.05, 0) is 31.2 Å². The van der Waals surface area contributed by atoms with E-state index in [-0.39, 0.29) is 0 Å². The van der Waals surface area contributed by atoms with E-state index in [0.29, 0.717) is 17.7 Å². The van der Waals surface area contributed by atoms with Crippen molar-refractivity contribution >= 4 is 0 Å². The van der Waals surface area contributed by atoms with Crippen LogP contribution in [0, 0.1) is 11.8 Å². The van der Waals surface area contributed by atoms with Crippen molar-refractivity contribution in [3.05, 3.63) is 18.1 Å². The molecule has 1 N–H and O–H groups in total. The Morgan fingerprint density at radius 1 is 1.20 bits per heavy atom. The molecule has 0 radical (unpaired) electrons. The lowest BCUT2D eigenvalue weighted by atomic mass is 9.90. The zero-order valence-electron chi connectivity index (χ0n) is 12.8. The van der Waals surface area contributed by atoms with Gasteiger partial charge in [0.2, 0.25) is 5.88 Å². The van der Waals surface area contributed by atoms with E-state index in [1.807, 2.05) is 6.20 Å².